The van der Waals surface area contributed by atoms with Crippen LogP contribution in [0.4, 0.5) is 5.69 Å². The third kappa shape index (κ3) is 4.59. The van der Waals surface area contributed by atoms with Gasteiger partial charge in [0.15, 0.2) is 11.5 Å². The molecule has 0 spiro atoms. The van der Waals surface area contributed by atoms with Gasteiger partial charge < -0.3 is 25.2 Å². The van der Waals surface area contributed by atoms with E-state index in [4.69, 9.17) is 14.6 Å². The summed E-state index contributed by atoms with van der Waals surface area (Å²) in [6, 6.07) is 14.9. The molecule has 28 heavy (non-hydrogen) atoms. The van der Waals surface area contributed by atoms with Crippen molar-refractivity contribution in [1.29, 1.82) is 5.26 Å². The lowest BCUT2D eigenvalue weighted by Crippen LogP contribution is -2.37. The Bertz CT molecular complexity index is 964. The Hall–Kier alpha value is -3.99. The van der Waals surface area contributed by atoms with Crippen LogP contribution in [0.5, 0.6) is 11.5 Å². The molecular weight excluding hydrogens is 362 g/mol. The van der Waals surface area contributed by atoms with E-state index in [0.717, 1.165) is 0 Å². The average Bonchev–Trinajstić information content (AvgIpc) is 2.71. The molecule has 1 aliphatic rings. The second-order valence-corrected chi connectivity index (χ2v) is 5.92. The molecule has 2 aromatic carbocycles. The molecule has 2 aromatic rings. The fourth-order valence-electron chi connectivity index (χ4n) is 2.53. The molecule has 3 rings (SSSR count). The van der Waals surface area contributed by atoms with Gasteiger partial charge in [0.1, 0.15) is 24.4 Å². The van der Waals surface area contributed by atoms with E-state index in [1.54, 1.807) is 6.07 Å². The molecular formula is C20H17N3O5. The molecule has 1 unspecified atom stereocenters. The van der Waals surface area contributed by atoms with Crippen molar-refractivity contribution in [1.82, 2.24) is 5.32 Å². The number of carboxylic acid groups (broad SMARTS) is 1. The van der Waals surface area contributed by atoms with Gasteiger partial charge >= 0.3 is 5.97 Å². The lowest BCUT2D eigenvalue weighted by atomic mass is 10.2. The fourth-order valence-corrected chi connectivity index (χ4v) is 2.53. The highest BCUT2D eigenvalue weighted by molar-refractivity contribution is 6.06. The van der Waals surface area contributed by atoms with Crippen molar-refractivity contribution in [2.45, 2.75) is 6.10 Å². The monoisotopic (exact) mass is 379 g/mol. The lowest BCUT2D eigenvalue weighted by Gasteiger charge is -2.26. The minimum atomic E-state index is -1.11. The zero-order chi connectivity index (χ0) is 19.9. The lowest BCUT2D eigenvalue weighted by molar-refractivity contribution is -0.112. The molecule has 3 N–H and O–H groups in total. The predicted octanol–water partition coefficient (Wildman–Crippen LogP) is 2.16. The molecule has 0 aromatic heterocycles. The number of hydrogen-bond acceptors (Lipinski definition) is 6. The van der Waals surface area contributed by atoms with Gasteiger partial charge in [-0.2, -0.15) is 5.26 Å². The van der Waals surface area contributed by atoms with E-state index in [-0.39, 0.29) is 22.9 Å². The highest BCUT2D eigenvalue weighted by Gasteiger charge is 2.20. The molecule has 1 amide bonds. The van der Waals surface area contributed by atoms with E-state index in [1.807, 2.05) is 24.3 Å². The summed E-state index contributed by atoms with van der Waals surface area (Å²) in [6.45, 7) is 0.676. The van der Waals surface area contributed by atoms with Crippen molar-refractivity contribution in [3.63, 3.8) is 0 Å². The van der Waals surface area contributed by atoms with E-state index in [0.29, 0.717) is 24.7 Å². The number of amides is 1. The summed E-state index contributed by atoms with van der Waals surface area (Å²) in [4.78, 5) is 23.2. The first-order valence-corrected chi connectivity index (χ1v) is 8.43. The van der Waals surface area contributed by atoms with Crippen LogP contribution >= 0.6 is 0 Å². The van der Waals surface area contributed by atoms with Crippen LogP contribution in [0.15, 0.2) is 60.3 Å². The van der Waals surface area contributed by atoms with Gasteiger partial charge in [0.2, 0.25) is 0 Å². The number of benzene rings is 2. The maximum atomic E-state index is 12.2. The topological polar surface area (TPSA) is 121 Å². The third-order valence-electron chi connectivity index (χ3n) is 3.89. The number of ether oxygens (including phenoxy) is 2. The molecule has 1 heterocycles. The first kappa shape index (κ1) is 18.8. The van der Waals surface area contributed by atoms with E-state index in [2.05, 4.69) is 10.6 Å². The van der Waals surface area contributed by atoms with Crippen molar-refractivity contribution in [3.05, 3.63) is 65.9 Å². The number of aromatic carboxylic acids is 1. The van der Waals surface area contributed by atoms with Crippen molar-refractivity contribution < 1.29 is 24.2 Å². The summed E-state index contributed by atoms with van der Waals surface area (Å²) in [5.41, 5.74) is 0.165. The Morgan fingerprint density at radius 2 is 2.00 bits per heavy atom. The first-order chi connectivity index (χ1) is 13.6. The van der Waals surface area contributed by atoms with Crippen LogP contribution in [0, 0.1) is 11.3 Å². The molecule has 0 fully saturated rings. The number of carbonyl (C=O) groups excluding carboxylic acids is 1. The van der Waals surface area contributed by atoms with Gasteiger partial charge in [-0.25, -0.2) is 4.79 Å². The first-order valence-electron chi connectivity index (χ1n) is 8.43. The number of carboxylic acids is 1. The standard InChI is InChI=1S/C20H17N3O5/c21-9-14(19(24)23-15-5-3-4-13(8-15)20(25)26)10-22-11-16-12-27-17-6-1-2-7-18(17)28-16/h1-8,10,16,22H,11-12H2,(H,23,24)(H,25,26)/b14-10-. The van der Waals surface area contributed by atoms with Crippen LogP contribution in [0.3, 0.4) is 0 Å². The normalized spacial score (nSPS) is 15.2. The summed E-state index contributed by atoms with van der Waals surface area (Å²) in [6.07, 6.45) is 1.02. The number of nitriles is 1. The van der Waals surface area contributed by atoms with Crippen molar-refractivity contribution in [2.24, 2.45) is 0 Å². The van der Waals surface area contributed by atoms with Crippen LogP contribution in [0.25, 0.3) is 0 Å². The summed E-state index contributed by atoms with van der Waals surface area (Å²) in [7, 11) is 0. The number of fused-ring (bicyclic) bond motifs is 1. The summed E-state index contributed by atoms with van der Waals surface area (Å²) < 4.78 is 11.4. The van der Waals surface area contributed by atoms with Gasteiger partial charge in [0.05, 0.1) is 12.1 Å². The van der Waals surface area contributed by atoms with Gasteiger partial charge in [0.25, 0.3) is 5.91 Å². The number of anilines is 1. The van der Waals surface area contributed by atoms with Crippen LogP contribution in [0.2, 0.25) is 0 Å². The fraction of sp³-hybridized carbons (Fsp3) is 0.150. The number of para-hydroxylation sites is 2. The number of rotatable bonds is 6. The van der Waals surface area contributed by atoms with Crippen molar-refractivity contribution >= 4 is 17.6 Å². The SMILES string of the molecule is N#C/C(=C/NCC1COc2ccccc2O1)C(=O)Nc1cccc(C(=O)O)c1. The Kier molecular flexibility index (Phi) is 5.77. The molecule has 8 nitrogen and oxygen atoms in total. The number of hydrogen-bond donors (Lipinski definition) is 3. The van der Waals surface area contributed by atoms with Crippen LogP contribution < -0.4 is 20.1 Å². The minimum absolute atomic E-state index is 0.0353. The molecule has 142 valence electrons. The molecule has 1 aliphatic heterocycles. The molecule has 1 atom stereocenters. The largest absolute Gasteiger partial charge is 0.486 e. The third-order valence-corrected chi connectivity index (χ3v) is 3.89. The maximum absolute atomic E-state index is 12.2. The van der Waals surface area contributed by atoms with Gasteiger partial charge in [-0.05, 0) is 30.3 Å². The molecule has 0 aliphatic carbocycles. The summed E-state index contributed by atoms with van der Waals surface area (Å²) in [5.74, 6) is -0.440. The Morgan fingerprint density at radius 1 is 1.21 bits per heavy atom. The number of carbonyl (C=O) groups is 2. The highest BCUT2D eigenvalue weighted by Crippen LogP contribution is 2.30. The van der Waals surface area contributed by atoms with E-state index in [1.165, 1.54) is 30.5 Å². The van der Waals surface area contributed by atoms with Gasteiger partial charge in [-0.3, -0.25) is 4.79 Å². The summed E-state index contributed by atoms with van der Waals surface area (Å²) >= 11 is 0. The smallest absolute Gasteiger partial charge is 0.335 e. The Morgan fingerprint density at radius 3 is 2.75 bits per heavy atom. The van der Waals surface area contributed by atoms with Crippen LogP contribution in [-0.4, -0.2) is 36.2 Å². The van der Waals surface area contributed by atoms with E-state index >= 15 is 0 Å². The second kappa shape index (κ2) is 8.60. The predicted molar refractivity (Wildman–Crippen MR) is 100 cm³/mol. The van der Waals surface area contributed by atoms with Gasteiger partial charge in [-0.15, -0.1) is 0 Å². The highest BCUT2D eigenvalue weighted by atomic mass is 16.6. The van der Waals surface area contributed by atoms with Crippen LogP contribution in [0.1, 0.15) is 10.4 Å². The zero-order valence-electron chi connectivity index (χ0n) is 14.7. The Balaban J connectivity index is 1.57. The maximum Gasteiger partial charge on any atom is 0.335 e. The molecule has 8 heteroatoms. The van der Waals surface area contributed by atoms with E-state index in [9.17, 15) is 14.9 Å². The van der Waals surface area contributed by atoms with Crippen LogP contribution in [-0.2, 0) is 4.79 Å². The van der Waals surface area contributed by atoms with Crippen molar-refractivity contribution in [3.8, 4) is 17.6 Å². The van der Waals surface area contributed by atoms with Gasteiger partial charge in [0, 0.05) is 11.9 Å². The van der Waals surface area contributed by atoms with E-state index < -0.39 is 11.9 Å². The molecule has 0 radical (unpaired) electrons. The molecule has 0 saturated carbocycles. The quantitative estimate of drug-likeness (QED) is 0.519. The number of nitrogens with one attached hydrogen (secondary N) is 2. The molecule has 0 bridgehead atoms. The Labute approximate surface area is 161 Å². The second-order valence-electron chi connectivity index (χ2n) is 5.92. The summed E-state index contributed by atoms with van der Waals surface area (Å²) in [5, 5.41) is 23.6. The van der Waals surface area contributed by atoms with Crippen molar-refractivity contribution in [2.75, 3.05) is 18.5 Å². The zero-order valence-corrected chi connectivity index (χ0v) is 14.7. The minimum Gasteiger partial charge on any atom is -0.486 e. The van der Waals surface area contributed by atoms with Gasteiger partial charge in [-0.1, -0.05) is 18.2 Å². The molecule has 0 saturated heterocycles. The number of nitrogens with zero attached hydrogens (tertiary/aromatic N) is 1. The average molecular weight is 379 g/mol.